The summed E-state index contributed by atoms with van der Waals surface area (Å²) in [5, 5.41) is 13.0. The van der Waals surface area contributed by atoms with Gasteiger partial charge in [-0.3, -0.25) is 4.79 Å². The normalized spacial score (nSPS) is 16.6. The first-order chi connectivity index (χ1) is 8.15. The van der Waals surface area contributed by atoms with Gasteiger partial charge in [0.15, 0.2) is 0 Å². The predicted octanol–water partition coefficient (Wildman–Crippen LogP) is 1.45. The Labute approximate surface area is 104 Å². The number of aromatic nitrogens is 2. The minimum absolute atomic E-state index is 0.0467. The van der Waals surface area contributed by atoms with Crippen molar-refractivity contribution < 1.29 is 9.21 Å². The van der Waals surface area contributed by atoms with Crippen molar-refractivity contribution >= 4 is 23.5 Å². The van der Waals surface area contributed by atoms with E-state index in [9.17, 15) is 4.79 Å². The summed E-state index contributed by atoms with van der Waals surface area (Å²) in [7, 11) is 0. The van der Waals surface area contributed by atoms with Crippen molar-refractivity contribution in [3.05, 3.63) is 5.89 Å². The lowest BCUT2D eigenvalue weighted by Crippen LogP contribution is -2.27. The fraction of sp³-hybridized carbons (Fsp3) is 0.700. The Kier molecular flexibility index (Phi) is 3.83. The average molecular weight is 259 g/mol. The van der Waals surface area contributed by atoms with Crippen molar-refractivity contribution in [2.75, 3.05) is 11.9 Å². The number of nitrogens with zero attached hydrogens (tertiary/aromatic N) is 2. The molecule has 1 heterocycles. The van der Waals surface area contributed by atoms with Gasteiger partial charge in [-0.25, -0.2) is 0 Å². The Morgan fingerprint density at radius 3 is 2.94 bits per heavy atom. The van der Waals surface area contributed by atoms with Gasteiger partial charge in [-0.1, -0.05) is 5.10 Å². The van der Waals surface area contributed by atoms with E-state index in [0.29, 0.717) is 30.9 Å². The van der Waals surface area contributed by atoms with Gasteiger partial charge in [0.1, 0.15) is 5.38 Å². The van der Waals surface area contributed by atoms with E-state index >= 15 is 0 Å². The molecule has 1 aliphatic carbocycles. The minimum atomic E-state index is -0.309. The van der Waals surface area contributed by atoms with Crippen molar-refractivity contribution in [2.45, 2.75) is 37.6 Å². The van der Waals surface area contributed by atoms with Gasteiger partial charge in [-0.05, 0) is 19.8 Å². The van der Waals surface area contributed by atoms with E-state index in [-0.39, 0.29) is 11.3 Å². The molecule has 1 aliphatic rings. The number of alkyl halides is 1. The third-order valence-corrected chi connectivity index (χ3v) is 2.54. The van der Waals surface area contributed by atoms with Crippen LogP contribution in [-0.4, -0.2) is 28.7 Å². The van der Waals surface area contributed by atoms with E-state index in [1.807, 2.05) is 0 Å². The Balaban J connectivity index is 1.67. The molecule has 6 nitrogen and oxygen atoms in total. The predicted molar refractivity (Wildman–Crippen MR) is 62.8 cm³/mol. The molecule has 1 fully saturated rings. The van der Waals surface area contributed by atoms with Crippen LogP contribution < -0.4 is 10.6 Å². The van der Waals surface area contributed by atoms with Crippen LogP contribution in [0.3, 0.4) is 0 Å². The van der Waals surface area contributed by atoms with Crippen molar-refractivity contribution in [3.8, 4) is 0 Å². The van der Waals surface area contributed by atoms with E-state index in [0.717, 1.165) is 12.8 Å². The molecule has 0 saturated heterocycles. The third-order valence-electron chi connectivity index (χ3n) is 2.35. The van der Waals surface area contributed by atoms with Gasteiger partial charge in [0.25, 0.3) is 0 Å². The van der Waals surface area contributed by atoms with Crippen molar-refractivity contribution in [1.29, 1.82) is 0 Å². The quantitative estimate of drug-likeness (QED) is 0.755. The standard InChI is InChI=1S/C10H15ClN4O2/c1-6(11)9-14-15-10(17-9)12-5-4-8(16)13-7-2-3-7/h6-7H,2-5H2,1H3,(H,12,15)(H,13,16). The van der Waals surface area contributed by atoms with Crippen LogP contribution in [0.1, 0.15) is 37.5 Å². The van der Waals surface area contributed by atoms with Gasteiger partial charge in [0.05, 0.1) is 0 Å². The summed E-state index contributed by atoms with van der Waals surface area (Å²) in [6.45, 7) is 2.22. The number of rotatable bonds is 6. The van der Waals surface area contributed by atoms with E-state index < -0.39 is 0 Å². The summed E-state index contributed by atoms with van der Waals surface area (Å²) in [6.07, 6.45) is 2.59. The molecule has 0 spiro atoms. The Morgan fingerprint density at radius 2 is 2.35 bits per heavy atom. The summed E-state index contributed by atoms with van der Waals surface area (Å²) < 4.78 is 5.22. The molecule has 0 aliphatic heterocycles. The SMILES string of the molecule is CC(Cl)c1nnc(NCCC(=O)NC2CC2)o1. The highest BCUT2D eigenvalue weighted by atomic mass is 35.5. The largest absolute Gasteiger partial charge is 0.407 e. The number of hydrogen-bond donors (Lipinski definition) is 2. The van der Waals surface area contributed by atoms with Crippen molar-refractivity contribution in [1.82, 2.24) is 15.5 Å². The highest BCUT2D eigenvalue weighted by molar-refractivity contribution is 6.20. The molecule has 17 heavy (non-hydrogen) atoms. The maximum absolute atomic E-state index is 11.4. The van der Waals surface area contributed by atoms with Crippen LogP contribution in [0, 0.1) is 0 Å². The number of anilines is 1. The number of halogens is 1. The second-order valence-electron chi connectivity index (χ2n) is 4.08. The Morgan fingerprint density at radius 1 is 1.59 bits per heavy atom. The van der Waals surface area contributed by atoms with Gasteiger partial charge >= 0.3 is 6.01 Å². The molecule has 1 saturated carbocycles. The number of nitrogens with one attached hydrogen (secondary N) is 2. The van der Waals surface area contributed by atoms with Crippen LogP contribution >= 0.6 is 11.6 Å². The first-order valence-corrected chi connectivity index (χ1v) is 6.09. The van der Waals surface area contributed by atoms with Crippen LogP contribution in [0.5, 0.6) is 0 Å². The van der Waals surface area contributed by atoms with Gasteiger partial charge in [0.2, 0.25) is 11.8 Å². The maximum Gasteiger partial charge on any atom is 0.315 e. The maximum atomic E-state index is 11.4. The summed E-state index contributed by atoms with van der Waals surface area (Å²) in [5.74, 6) is 0.419. The smallest absolute Gasteiger partial charge is 0.315 e. The molecule has 2 rings (SSSR count). The Bertz CT molecular complexity index is 389. The fourth-order valence-electron chi connectivity index (χ4n) is 1.28. The summed E-state index contributed by atoms with van der Waals surface area (Å²) >= 11 is 5.78. The lowest BCUT2D eigenvalue weighted by molar-refractivity contribution is -0.120. The second kappa shape index (κ2) is 5.35. The molecule has 1 aromatic heterocycles. The molecule has 7 heteroatoms. The molecule has 1 unspecified atom stereocenters. The first-order valence-electron chi connectivity index (χ1n) is 5.66. The first kappa shape index (κ1) is 12.2. The van der Waals surface area contributed by atoms with Crippen LogP contribution in [0.4, 0.5) is 6.01 Å². The topological polar surface area (TPSA) is 80.0 Å². The monoisotopic (exact) mass is 258 g/mol. The lowest BCUT2D eigenvalue weighted by atomic mass is 10.4. The van der Waals surface area contributed by atoms with E-state index in [2.05, 4.69) is 20.8 Å². The lowest BCUT2D eigenvalue weighted by Gasteiger charge is -2.02. The van der Waals surface area contributed by atoms with Crippen LogP contribution in [0.2, 0.25) is 0 Å². The van der Waals surface area contributed by atoms with E-state index in [4.69, 9.17) is 16.0 Å². The second-order valence-corrected chi connectivity index (χ2v) is 4.73. The van der Waals surface area contributed by atoms with Crippen LogP contribution in [0.15, 0.2) is 4.42 Å². The highest BCUT2D eigenvalue weighted by Gasteiger charge is 2.22. The molecule has 1 atom stereocenters. The van der Waals surface area contributed by atoms with Gasteiger partial charge < -0.3 is 15.1 Å². The zero-order valence-corrected chi connectivity index (χ0v) is 10.3. The Hall–Kier alpha value is -1.30. The molecular formula is C10H15ClN4O2. The number of amides is 1. The molecule has 2 N–H and O–H groups in total. The molecule has 0 radical (unpaired) electrons. The van der Waals surface area contributed by atoms with E-state index in [1.165, 1.54) is 0 Å². The zero-order chi connectivity index (χ0) is 12.3. The van der Waals surface area contributed by atoms with E-state index in [1.54, 1.807) is 6.92 Å². The van der Waals surface area contributed by atoms with Crippen LogP contribution in [0.25, 0.3) is 0 Å². The molecule has 1 amide bonds. The third kappa shape index (κ3) is 3.89. The molecule has 1 aromatic rings. The molecule has 94 valence electrons. The number of hydrogen-bond acceptors (Lipinski definition) is 5. The summed E-state index contributed by atoms with van der Waals surface area (Å²) in [4.78, 5) is 11.4. The average Bonchev–Trinajstić information content (AvgIpc) is 2.94. The van der Waals surface area contributed by atoms with Crippen molar-refractivity contribution in [3.63, 3.8) is 0 Å². The van der Waals surface area contributed by atoms with Crippen molar-refractivity contribution in [2.24, 2.45) is 0 Å². The molecular weight excluding hydrogens is 244 g/mol. The van der Waals surface area contributed by atoms with Gasteiger partial charge in [-0.2, -0.15) is 0 Å². The van der Waals surface area contributed by atoms with Gasteiger partial charge in [0, 0.05) is 19.0 Å². The van der Waals surface area contributed by atoms with Gasteiger partial charge in [-0.15, -0.1) is 16.7 Å². The van der Waals surface area contributed by atoms with Crippen LogP contribution in [-0.2, 0) is 4.79 Å². The highest BCUT2D eigenvalue weighted by Crippen LogP contribution is 2.19. The zero-order valence-electron chi connectivity index (χ0n) is 9.57. The molecule has 0 bridgehead atoms. The number of carbonyl (C=O) groups excluding carboxylic acids is 1. The fourth-order valence-corrected chi connectivity index (χ4v) is 1.37. The number of carbonyl (C=O) groups is 1. The molecule has 0 aromatic carbocycles. The minimum Gasteiger partial charge on any atom is -0.407 e. The summed E-state index contributed by atoms with van der Waals surface area (Å²) in [5.41, 5.74) is 0. The summed E-state index contributed by atoms with van der Waals surface area (Å²) in [6, 6.07) is 0.696.